The summed E-state index contributed by atoms with van der Waals surface area (Å²) in [5.74, 6) is 1.50. The molecule has 0 aliphatic carbocycles. The number of aromatic nitrogens is 2. The first-order chi connectivity index (χ1) is 7.83. The fourth-order valence-corrected chi connectivity index (χ4v) is 1.27. The quantitative estimate of drug-likeness (QED) is 0.780. The van der Waals surface area contributed by atoms with Crippen LogP contribution in [0.2, 0.25) is 0 Å². The first-order valence-electron chi connectivity index (χ1n) is 4.67. The minimum Gasteiger partial charge on any atom is -0.497 e. The highest BCUT2D eigenvalue weighted by atomic mass is 16.5. The summed E-state index contributed by atoms with van der Waals surface area (Å²) < 4.78 is 10.1. The molecule has 0 unspecified atom stereocenters. The van der Waals surface area contributed by atoms with Crippen molar-refractivity contribution in [2.75, 3.05) is 7.11 Å². The molecule has 1 heterocycles. The van der Waals surface area contributed by atoms with Crippen LogP contribution in [-0.2, 0) is 6.42 Å². The van der Waals surface area contributed by atoms with E-state index in [1.165, 1.54) is 0 Å². The molecular weight excluding hydrogens is 206 g/mol. The lowest BCUT2D eigenvalue weighted by Gasteiger charge is -1.99. The first kappa shape index (κ1) is 10.2. The molecule has 0 saturated heterocycles. The zero-order chi connectivity index (χ0) is 11.4. The third-order valence-electron chi connectivity index (χ3n) is 2.02. The van der Waals surface area contributed by atoms with Gasteiger partial charge in [-0.15, -0.1) is 0 Å². The normalized spacial score (nSPS) is 9.75. The van der Waals surface area contributed by atoms with Crippen molar-refractivity contribution < 1.29 is 9.26 Å². The van der Waals surface area contributed by atoms with Crippen LogP contribution in [0.25, 0.3) is 11.5 Å². The molecule has 0 aliphatic heterocycles. The molecule has 0 aliphatic rings. The number of benzene rings is 1. The van der Waals surface area contributed by atoms with Gasteiger partial charge in [0.1, 0.15) is 5.75 Å². The van der Waals surface area contributed by atoms with Gasteiger partial charge in [-0.3, -0.25) is 0 Å². The van der Waals surface area contributed by atoms with Crippen LogP contribution in [0.15, 0.2) is 28.8 Å². The van der Waals surface area contributed by atoms with E-state index in [4.69, 9.17) is 14.5 Å². The van der Waals surface area contributed by atoms with Crippen molar-refractivity contribution >= 4 is 0 Å². The molecular formula is C11H9N3O2. The lowest BCUT2D eigenvalue weighted by molar-refractivity contribution is 0.412. The molecule has 0 atom stereocenters. The summed E-state index contributed by atoms with van der Waals surface area (Å²) in [5, 5.41) is 12.2. The van der Waals surface area contributed by atoms with Gasteiger partial charge in [-0.2, -0.15) is 10.2 Å². The summed E-state index contributed by atoms with van der Waals surface area (Å²) in [6, 6.07) is 9.26. The predicted octanol–water partition coefficient (Wildman–Crippen LogP) is 1.81. The monoisotopic (exact) mass is 215 g/mol. The van der Waals surface area contributed by atoms with Crippen molar-refractivity contribution in [3.63, 3.8) is 0 Å². The van der Waals surface area contributed by atoms with E-state index in [9.17, 15) is 0 Å². The van der Waals surface area contributed by atoms with Gasteiger partial charge in [-0.1, -0.05) is 11.2 Å². The van der Waals surface area contributed by atoms with Crippen LogP contribution in [0.3, 0.4) is 0 Å². The predicted molar refractivity (Wildman–Crippen MR) is 55.6 cm³/mol. The van der Waals surface area contributed by atoms with Crippen LogP contribution in [0.4, 0.5) is 0 Å². The Morgan fingerprint density at radius 2 is 2.38 bits per heavy atom. The first-order valence-corrected chi connectivity index (χ1v) is 4.67. The lowest BCUT2D eigenvalue weighted by atomic mass is 10.2. The van der Waals surface area contributed by atoms with Gasteiger partial charge < -0.3 is 9.26 Å². The zero-order valence-electron chi connectivity index (χ0n) is 8.67. The van der Waals surface area contributed by atoms with Crippen molar-refractivity contribution in [1.29, 1.82) is 5.26 Å². The molecule has 0 amide bonds. The zero-order valence-corrected chi connectivity index (χ0v) is 8.67. The van der Waals surface area contributed by atoms with Crippen LogP contribution in [0.1, 0.15) is 5.82 Å². The van der Waals surface area contributed by atoms with Crippen molar-refractivity contribution in [3.05, 3.63) is 30.1 Å². The SMILES string of the molecule is COc1cccc(-c2nc(CC#N)no2)c1. The summed E-state index contributed by atoms with van der Waals surface area (Å²) in [6.07, 6.45) is 0.146. The van der Waals surface area contributed by atoms with Crippen molar-refractivity contribution in [2.45, 2.75) is 6.42 Å². The number of hydrogen-bond donors (Lipinski definition) is 0. The molecule has 0 N–H and O–H groups in total. The Kier molecular flexibility index (Phi) is 2.83. The Bertz CT molecular complexity index is 528. The Morgan fingerprint density at radius 3 is 3.12 bits per heavy atom. The van der Waals surface area contributed by atoms with E-state index in [1.54, 1.807) is 13.2 Å². The summed E-state index contributed by atoms with van der Waals surface area (Å²) in [6.45, 7) is 0. The number of methoxy groups -OCH3 is 1. The van der Waals surface area contributed by atoms with Gasteiger partial charge in [0.2, 0.25) is 0 Å². The highest BCUT2D eigenvalue weighted by molar-refractivity contribution is 5.55. The lowest BCUT2D eigenvalue weighted by Crippen LogP contribution is -1.85. The van der Waals surface area contributed by atoms with E-state index >= 15 is 0 Å². The fourth-order valence-electron chi connectivity index (χ4n) is 1.27. The molecule has 80 valence electrons. The van der Waals surface area contributed by atoms with Gasteiger partial charge >= 0.3 is 0 Å². The second-order valence-corrected chi connectivity index (χ2v) is 3.08. The topological polar surface area (TPSA) is 71.9 Å². The van der Waals surface area contributed by atoms with Crippen LogP contribution >= 0.6 is 0 Å². The Hall–Kier alpha value is -2.35. The number of nitriles is 1. The summed E-state index contributed by atoms with van der Waals surface area (Å²) in [4.78, 5) is 4.09. The summed E-state index contributed by atoms with van der Waals surface area (Å²) in [7, 11) is 1.59. The van der Waals surface area contributed by atoms with Crippen LogP contribution < -0.4 is 4.74 Å². The van der Waals surface area contributed by atoms with E-state index < -0.39 is 0 Å². The Balaban J connectivity index is 2.31. The highest BCUT2D eigenvalue weighted by Crippen LogP contribution is 2.21. The Morgan fingerprint density at radius 1 is 1.50 bits per heavy atom. The molecule has 5 nitrogen and oxygen atoms in total. The Labute approximate surface area is 92.3 Å². The average Bonchev–Trinajstić information content (AvgIpc) is 2.78. The van der Waals surface area contributed by atoms with Gasteiger partial charge in [0.15, 0.2) is 5.82 Å². The van der Waals surface area contributed by atoms with E-state index in [2.05, 4.69) is 10.1 Å². The molecule has 2 rings (SSSR count). The van der Waals surface area contributed by atoms with Gasteiger partial charge in [-0.05, 0) is 18.2 Å². The molecule has 1 aromatic carbocycles. The van der Waals surface area contributed by atoms with Crippen LogP contribution in [0, 0.1) is 11.3 Å². The summed E-state index contributed by atoms with van der Waals surface area (Å²) in [5.41, 5.74) is 0.774. The minimum atomic E-state index is 0.146. The third kappa shape index (κ3) is 2.01. The molecule has 0 saturated carbocycles. The van der Waals surface area contributed by atoms with Gasteiger partial charge in [0.25, 0.3) is 5.89 Å². The van der Waals surface area contributed by atoms with Gasteiger partial charge in [0, 0.05) is 5.56 Å². The maximum Gasteiger partial charge on any atom is 0.258 e. The molecule has 5 heteroatoms. The van der Waals surface area contributed by atoms with Gasteiger partial charge in [0.05, 0.1) is 19.6 Å². The molecule has 0 radical (unpaired) electrons. The number of nitrogens with zero attached hydrogens (tertiary/aromatic N) is 3. The second kappa shape index (κ2) is 4.45. The maximum atomic E-state index is 8.49. The van der Waals surface area contributed by atoms with E-state index in [-0.39, 0.29) is 6.42 Å². The van der Waals surface area contributed by atoms with E-state index in [0.29, 0.717) is 11.7 Å². The maximum absolute atomic E-state index is 8.49. The number of ether oxygens (including phenoxy) is 1. The van der Waals surface area contributed by atoms with Crippen molar-refractivity contribution in [2.24, 2.45) is 0 Å². The third-order valence-corrected chi connectivity index (χ3v) is 2.02. The van der Waals surface area contributed by atoms with Gasteiger partial charge in [-0.25, -0.2) is 0 Å². The molecule has 2 aromatic rings. The van der Waals surface area contributed by atoms with Crippen LogP contribution in [-0.4, -0.2) is 17.3 Å². The van der Waals surface area contributed by atoms with Crippen LogP contribution in [0.5, 0.6) is 5.75 Å². The minimum absolute atomic E-state index is 0.146. The smallest absolute Gasteiger partial charge is 0.258 e. The number of rotatable bonds is 3. The van der Waals surface area contributed by atoms with E-state index in [1.807, 2.05) is 24.3 Å². The van der Waals surface area contributed by atoms with Crippen molar-refractivity contribution in [1.82, 2.24) is 10.1 Å². The highest BCUT2D eigenvalue weighted by Gasteiger charge is 2.08. The van der Waals surface area contributed by atoms with E-state index in [0.717, 1.165) is 11.3 Å². The summed E-state index contributed by atoms with van der Waals surface area (Å²) >= 11 is 0. The molecule has 16 heavy (non-hydrogen) atoms. The average molecular weight is 215 g/mol. The molecule has 0 fully saturated rings. The molecule has 0 bridgehead atoms. The standard InChI is InChI=1S/C11H9N3O2/c1-15-9-4-2-3-8(7-9)11-13-10(5-6-12)14-16-11/h2-4,7H,5H2,1H3. The fraction of sp³-hybridized carbons (Fsp3) is 0.182. The van der Waals surface area contributed by atoms with Crippen molar-refractivity contribution in [3.8, 4) is 23.3 Å². The largest absolute Gasteiger partial charge is 0.497 e. The molecule has 0 spiro atoms. The number of hydrogen-bond acceptors (Lipinski definition) is 5. The second-order valence-electron chi connectivity index (χ2n) is 3.08. The molecule has 1 aromatic heterocycles.